The van der Waals surface area contributed by atoms with Crippen molar-refractivity contribution >= 4 is 65.4 Å². The molecule has 3 heterocycles. The van der Waals surface area contributed by atoms with Gasteiger partial charge in [-0.3, -0.25) is 0 Å². The van der Waals surface area contributed by atoms with Crippen LogP contribution < -0.4 is 0 Å². The average Bonchev–Trinajstić information content (AvgIpc) is 3.88. The normalized spacial score (nSPS) is 11.6. The predicted molar refractivity (Wildman–Crippen MR) is 224 cm³/mol. The second-order valence-electron chi connectivity index (χ2n) is 14.0. The molecule has 0 aliphatic carbocycles. The Morgan fingerprint density at radius 3 is 1.42 bits per heavy atom. The number of benzene rings is 8. The topological polar surface area (TPSA) is 62.4 Å². The smallest absolute Gasteiger partial charge is 0.101 e. The fourth-order valence-electron chi connectivity index (χ4n) is 8.68. The number of para-hydroxylation sites is 4. The van der Waals surface area contributed by atoms with Crippen LogP contribution in [0.1, 0.15) is 11.1 Å². The molecular weight excluding hydrogens is 671 g/mol. The third-order valence-corrected chi connectivity index (χ3v) is 11.1. The van der Waals surface area contributed by atoms with Crippen molar-refractivity contribution in [2.24, 2.45) is 0 Å². The van der Waals surface area contributed by atoms with Gasteiger partial charge in [-0.1, -0.05) is 97.1 Å². The molecule has 8 aromatic carbocycles. The van der Waals surface area contributed by atoms with Crippen LogP contribution in [0.5, 0.6) is 0 Å². The van der Waals surface area contributed by atoms with Gasteiger partial charge in [0.1, 0.15) is 6.07 Å². The molecular formula is C50H29N5. The molecule has 0 spiro atoms. The molecule has 0 N–H and O–H groups in total. The van der Waals surface area contributed by atoms with E-state index in [-0.39, 0.29) is 0 Å². The van der Waals surface area contributed by atoms with Gasteiger partial charge in [0, 0.05) is 43.7 Å². The highest BCUT2D eigenvalue weighted by molar-refractivity contribution is 6.12. The number of nitriles is 2. The summed E-state index contributed by atoms with van der Waals surface area (Å²) >= 11 is 0. The summed E-state index contributed by atoms with van der Waals surface area (Å²) in [6.45, 7) is 0. The molecule has 5 nitrogen and oxygen atoms in total. The van der Waals surface area contributed by atoms with Crippen LogP contribution in [0.15, 0.2) is 176 Å². The second-order valence-corrected chi connectivity index (χ2v) is 14.0. The van der Waals surface area contributed by atoms with Crippen LogP contribution in [0, 0.1) is 22.7 Å². The van der Waals surface area contributed by atoms with E-state index in [1.165, 1.54) is 32.6 Å². The lowest BCUT2D eigenvalue weighted by Crippen LogP contribution is -1.98. The third-order valence-electron chi connectivity index (χ3n) is 11.1. The summed E-state index contributed by atoms with van der Waals surface area (Å²) in [6, 6.07) is 66.0. The van der Waals surface area contributed by atoms with Crippen LogP contribution in [0.2, 0.25) is 0 Å². The van der Waals surface area contributed by atoms with Gasteiger partial charge in [-0.15, -0.1) is 0 Å². The molecule has 0 fully saturated rings. The van der Waals surface area contributed by atoms with Gasteiger partial charge in [0.2, 0.25) is 0 Å². The Morgan fingerprint density at radius 2 is 0.818 bits per heavy atom. The SMILES string of the molecule is N#Cc1ccc2c(c1)c1ccccc1n2-c1ccc(-c2ccc(-n3c4ccccc4c4ccc(-n5c6ccccc6c6ccccc65)cc43)cc2)cc1C#N. The highest BCUT2D eigenvalue weighted by atomic mass is 15.0. The highest BCUT2D eigenvalue weighted by Gasteiger charge is 2.18. The van der Waals surface area contributed by atoms with E-state index in [9.17, 15) is 10.5 Å². The maximum Gasteiger partial charge on any atom is 0.101 e. The molecule has 0 aliphatic rings. The lowest BCUT2D eigenvalue weighted by Gasteiger charge is -2.13. The summed E-state index contributed by atoms with van der Waals surface area (Å²) in [5, 5.41) is 27.0. The van der Waals surface area contributed by atoms with Crippen LogP contribution in [-0.4, -0.2) is 13.7 Å². The van der Waals surface area contributed by atoms with Crippen molar-refractivity contribution in [3.05, 3.63) is 187 Å². The zero-order chi connectivity index (χ0) is 36.6. The molecule has 0 radical (unpaired) electrons. The first kappa shape index (κ1) is 30.7. The molecule has 11 aromatic rings. The first-order valence-corrected chi connectivity index (χ1v) is 18.3. The van der Waals surface area contributed by atoms with E-state index in [1.54, 1.807) is 0 Å². The van der Waals surface area contributed by atoms with Crippen molar-refractivity contribution in [1.82, 2.24) is 13.7 Å². The quantitative estimate of drug-likeness (QED) is 0.184. The maximum absolute atomic E-state index is 10.5. The van der Waals surface area contributed by atoms with Crippen LogP contribution in [0.3, 0.4) is 0 Å². The predicted octanol–water partition coefficient (Wildman–Crippen LogP) is 12.4. The number of rotatable bonds is 4. The van der Waals surface area contributed by atoms with Crippen LogP contribution in [0.25, 0.3) is 93.6 Å². The molecule has 0 atom stereocenters. The molecule has 55 heavy (non-hydrogen) atoms. The molecule has 254 valence electrons. The number of hydrogen-bond donors (Lipinski definition) is 0. The molecule has 11 rings (SSSR count). The zero-order valence-corrected chi connectivity index (χ0v) is 29.5. The van der Waals surface area contributed by atoms with E-state index in [2.05, 4.69) is 159 Å². The minimum Gasteiger partial charge on any atom is -0.309 e. The van der Waals surface area contributed by atoms with Gasteiger partial charge in [0.15, 0.2) is 0 Å². The average molecular weight is 700 g/mol. The van der Waals surface area contributed by atoms with E-state index in [1.807, 2.05) is 42.5 Å². The van der Waals surface area contributed by atoms with Gasteiger partial charge < -0.3 is 13.7 Å². The van der Waals surface area contributed by atoms with E-state index < -0.39 is 0 Å². The van der Waals surface area contributed by atoms with Crippen LogP contribution in [0.4, 0.5) is 0 Å². The highest BCUT2D eigenvalue weighted by Crippen LogP contribution is 2.38. The van der Waals surface area contributed by atoms with E-state index in [0.29, 0.717) is 11.1 Å². The van der Waals surface area contributed by atoms with Crippen molar-refractivity contribution in [2.45, 2.75) is 0 Å². The first-order valence-electron chi connectivity index (χ1n) is 18.3. The van der Waals surface area contributed by atoms with E-state index >= 15 is 0 Å². The fraction of sp³-hybridized carbons (Fsp3) is 0. The number of fused-ring (bicyclic) bond motifs is 9. The summed E-state index contributed by atoms with van der Waals surface area (Å²) in [6.07, 6.45) is 0. The standard InChI is InChI=1S/C50H29N5/c51-30-32-17-25-49-43(27-32)41-12-4-8-16-48(41)55(49)44-26-20-34(28-35(44)31-52)33-18-21-36(22-19-33)53-45-13-5-3-11-40(45)42-24-23-37(29-50(42)53)54-46-14-6-1-9-38(46)39-10-2-7-15-47(39)54/h1-29H. The van der Waals surface area contributed by atoms with Gasteiger partial charge in [-0.05, 0) is 90.0 Å². The van der Waals surface area contributed by atoms with E-state index in [0.717, 1.165) is 61.0 Å². The largest absolute Gasteiger partial charge is 0.309 e. The van der Waals surface area contributed by atoms with Crippen molar-refractivity contribution in [3.8, 4) is 40.3 Å². The van der Waals surface area contributed by atoms with Gasteiger partial charge in [-0.25, -0.2) is 0 Å². The molecule has 0 bridgehead atoms. The maximum atomic E-state index is 10.5. The summed E-state index contributed by atoms with van der Waals surface area (Å²) in [7, 11) is 0. The minimum atomic E-state index is 0.577. The Hall–Kier alpha value is -7.86. The minimum absolute atomic E-state index is 0.577. The Kier molecular flexibility index (Phi) is 6.61. The van der Waals surface area contributed by atoms with Crippen LogP contribution >= 0.6 is 0 Å². The second kappa shape index (κ2) is 11.8. The molecule has 0 aliphatic heterocycles. The Morgan fingerprint density at radius 1 is 0.327 bits per heavy atom. The van der Waals surface area contributed by atoms with Gasteiger partial charge in [0.25, 0.3) is 0 Å². The van der Waals surface area contributed by atoms with Crippen LogP contribution in [-0.2, 0) is 0 Å². The number of aromatic nitrogens is 3. The Bertz CT molecular complexity index is 3400. The van der Waals surface area contributed by atoms with Crippen molar-refractivity contribution in [1.29, 1.82) is 10.5 Å². The van der Waals surface area contributed by atoms with Crippen molar-refractivity contribution < 1.29 is 0 Å². The summed E-state index contributed by atoms with van der Waals surface area (Å²) < 4.78 is 6.86. The number of hydrogen-bond acceptors (Lipinski definition) is 2. The first-order chi connectivity index (χ1) is 27.2. The summed E-state index contributed by atoms with van der Waals surface area (Å²) in [5.41, 5.74) is 12.8. The fourth-order valence-corrected chi connectivity index (χ4v) is 8.68. The monoisotopic (exact) mass is 699 g/mol. The number of nitrogens with zero attached hydrogens (tertiary/aromatic N) is 5. The van der Waals surface area contributed by atoms with Gasteiger partial charge >= 0.3 is 0 Å². The van der Waals surface area contributed by atoms with Gasteiger partial charge in [-0.2, -0.15) is 10.5 Å². The Balaban J connectivity index is 1.03. The molecule has 0 saturated carbocycles. The van der Waals surface area contributed by atoms with Gasteiger partial charge in [0.05, 0.1) is 56.0 Å². The molecule has 0 unspecified atom stereocenters. The Labute approximate surface area is 316 Å². The lowest BCUT2D eigenvalue weighted by atomic mass is 10.0. The zero-order valence-electron chi connectivity index (χ0n) is 29.5. The molecule has 5 heteroatoms. The third kappa shape index (κ3) is 4.51. The molecule has 0 saturated heterocycles. The lowest BCUT2D eigenvalue weighted by molar-refractivity contribution is 1.15. The summed E-state index contributed by atoms with van der Waals surface area (Å²) in [5.74, 6) is 0. The summed E-state index contributed by atoms with van der Waals surface area (Å²) in [4.78, 5) is 0. The molecule has 3 aromatic heterocycles. The van der Waals surface area contributed by atoms with Crippen molar-refractivity contribution in [2.75, 3.05) is 0 Å². The van der Waals surface area contributed by atoms with Crippen molar-refractivity contribution in [3.63, 3.8) is 0 Å². The van der Waals surface area contributed by atoms with E-state index in [4.69, 9.17) is 0 Å². The molecule has 0 amide bonds.